The van der Waals surface area contributed by atoms with Crippen LogP contribution < -0.4 is 0 Å². The molecule has 1 aliphatic carbocycles. The monoisotopic (exact) mass is 236 g/mol. The number of hydrogen-bond donors (Lipinski definition) is 0. The van der Waals surface area contributed by atoms with Crippen molar-refractivity contribution in [3.05, 3.63) is 24.8 Å². The Bertz CT molecular complexity index is 309. The van der Waals surface area contributed by atoms with E-state index in [0.717, 1.165) is 19.3 Å². The predicted molar refractivity (Wildman–Crippen MR) is 70.6 cm³/mol. The van der Waals surface area contributed by atoms with Crippen LogP contribution in [0.2, 0.25) is 0 Å². The van der Waals surface area contributed by atoms with Gasteiger partial charge < -0.3 is 4.74 Å². The number of carbonyl (C=O) groups excluding carboxylic acids is 1. The first kappa shape index (κ1) is 14.0. The Morgan fingerprint density at radius 3 is 2.53 bits per heavy atom. The highest BCUT2D eigenvalue weighted by molar-refractivity contribution is 5.70. The van der Waals surface area contributed by atoms with Gasteiger partial charge in [0.1, 0.15) is 5.60 Å². The Labute approximate surface area is 105 Å². The number of allylic oxidation sites excluding steroid dienone is 2. The summed E-state index contributed by atoms with van der Waals surface area (Å²) in [6, 6.07) is 0. The maximum absolute atomic E-state index is 11.7. The van der Waals surface area contributed by atoms with E-state index >= 15 is 0 Å². The minimum Gasteiger partial charge on any atom is -0.460 e. The zero-order chi connectivity index (χ0) is 13.1. The molecule has 1 fully saturated rings. The van der Waals surface area contributed by atoms with Gasteiger partial charge in [-0.15, -0.1) is 6.58 Å². The third-order valence-electron chi connectivity index (χ3n) is 3.20. The standard InChI is InChI=1S/C15H24O2/c1-6-7-12-8-9-13(11(12)2)10-14(16)17-15(3,4)5/h6,12-13H,1-2,7-10H2,3-5H3. The maximum atomic E-state index is 11.7. The largest absolute Gasteiger partial charge is 0.460 e. The van der Waals surface area contributed by atoms with Crippen LogP contribution in [0.1, 0.15) is 46.5 Å². The van der Waals surface area contributed by atoms with Crippen molar-refractivity contribution in [2.75, 3.05) is 0 Å². The van der Waals surface area contributed by atoms with Gasteiger partial charge in [-0.1, -0.05) is 18.2 Å². The highest BCUT2D eigenvalue weighted by Crippen LogP contribution is 2.39. The lowest BCUT2D eigenvalue weighted by atomic mass is 9.94. The SMILES string of the molecule is C=CCC1CCC(CC(=O)OC(C)(C)C)C1=C. The Balaban J connectivity index is 2.46. The van der Waals surface area contributed by atoms with Crippen molar-refractivity contribution >= 4 is 5.97 Å². The van der Waals surface area contributed by atoms with Crippen molar-refractivity contribution in [3.8, 4) is 0 Å². The molecule has 2 atom stereocenters. The molecule has 2 nitrogen and oxygen atoms in total. The Kier molecular flexibility index (Phi) is 4.55. The van der Waals surface area contributed by atoms with Crippen LogP contribution in [0.4, 0.5) is 0 Å². The first-order chi connectivity index (χ1) is 7.83. The lowest BCUT2D eigenvalue weighted by molar-refractivity contribution is -0.155. The van der Waals surface area contributed by atoms with Gasteiger partial charge in [0.15, 0.2) is 0 Å². The molecule has 0 aliphatic heterocycles. The van der Waals surface area contributed by atoms with Gasteiger partial charge in [0, 0.05) is 0 Å². The van der Waals surface area contributed by atoms with E-state index in [1.807, 2.05) is 26.8 Å². The van der Waals surface area contributed by atoms with Crippen molar-refractivity contribution in [2.24, 2.45) is 11.8 Å². The van der Waals surface area contributed by atoms with Gasteiger partial charge in [-0.3, -0.25) is 4.79 Å². The van der Waals surface area contributed by atoms with Gasteiger partial charge in [0.25, 0.3) is 0 Å². The molecule has 0 amide bonds. The van der Waals surface area contributed by atoms with Crippen molar-refractivity contribution in [2.45, 2.75) is 52.1 Å². The summed E-state index contributed by atoms with van der Waals surface area (Å²) in [5.41, 5.74) is 0.813. The molecular weight excluding hydrogens is 212 g/mol. The molecule has 2 unspecified atom stereocenters. The van der Waals surface area contributed by atoms with Crippen LogP contribution in [-0.4, -0.2) is 11.6 Å². The molecule has 0 saturated heterocycles. The van der Waals surface area contributed by atoms with E-state index in [0.29, 0.717) is 18.3 Å². The zero-order valence-electron chi connectivity index (χ0n) is 11.3. The molecule has 1 rings (SSSR count). The van der Waals surface area contributed by atoms with Crippen molar-refractivity contribution < 1.29 is 9.53 Å². The average Bonchev–Trinajstić information content (AvgIpc) is 2.47. The first-order valence-corrected chi connectivity index (χ1v) is 6.35. The molecule has 0 aromatic rings. The van der Waals surface area contributed by atoms with Crippen LogP contribution in [0.25, 0.3) is 0 Å². The van der Waals surface area contributed by atoms with Crippen molar-refractivity contribution in [1.29, 1.82) is 0 Å². The lowest BCUT2D eigenvalue weighted by Crippen LogP contribution is -2.25. The molecule has 1 saturated carbocycles. The van der Waals surface area contributed by atoms with Crippen LogP contribution in [0.5, 0.6) is 0 Å². The minimum absolute atomic E-state index is 0.108. The van der Waals surface area contributed by atoms with E-state index in [2.05, 4.69) is 13.2 Å². The smallest absolute Gasteiger partial charge is 0.306 e. The second kappa shape index (κ2) is 5.52. The van der Waals surface area contributed by atoms with Gasteiger partial charge in [0.05, 0.1) is 6.42 Å². The van der Waals surface area contributed by atoms with Gasteiger partial charge in [-0.05, 0) is 51.9 Å². The fourth-order valence-electron chi connectivity index (χ4n) is 2.39. The summed E-state index contributed by atoms with van der Waals surface area (Å²) < 4.78 is 5.34. The molecule has 0 heterocycles. The molecule has 0 aromatic carbocycles. The summed E-state index contributed by atoms with van der Waals surface area (Å²) in [5, 5.41) is 0. The number of rotatable bonds is 4. The molecule has 0 N–H and O–H groups in total. The highest BCUT2D eigenvalue weighted by Gasteiger charge is 2.30. The summed E-state index contributed by atoms with van der Waals surface area (Å²) in [4.78, 5) is 11.7. The number of ether oxygens (including phenoxy) is 1. The molecular formula is C15H24O2. The Hall–Kier alpha value is -1.05. The zero-order valence-corrected chi connectivity index (χ0v) is 11.3. The van der Waals surface area contributed by atoms with Crippen LogP contribution in [-0.2, 0) is 9.53 Å². The van der Waals surface area contributed by atoms with E-state index < -0.39 is 5.60 Å². The summed E-state index contributed by atoms with van der Waals surface area (Å²) in [5.74, 6) is 0.706. The fraction of sp³-hybridized carbons (Fsp3) is 0.667. The average molecular weight is 236 g/mol. The molecule has 0 radical (unpaired) electrons. The summed E-state index contributed by atoms with van der Waals surface area (Å²) >= 11 is 0. The number of hydrogen-bond acceptors (Lipinski definition) is 2. The minimum atomic E-state index is -0.391. The van der Waals surface area contributed by atoms with Crippen molar-refractivity contribution in [3.63, 3.8) is 0 Å². The molecule has 17 heavy (non-hydrogen) atoms. The van der Waals surface area contributed by atoms with E-state index in [9.17, 15) is 4.79 Å². The molecule has 0 bridgehead atoms. The number of carbonyl (C=O) groups is 1. The fourth-order valence-corrected chi connectivity index (χ4v) is 2.39. The van der Waals surface area contributed by atoms with Gasteiger partial charge in [-0.2, -0.15) is 0 Å². The van der Waals surface area contributed by atoms with E-state index in [-0.39, 0.29) is 5.97 Å². The highest BCUT2D eigenvalue weighted by atomic mass is 16.6. The molecule has 96 valence electrons. The third-order valence-corrected chi connectivity index (χ3v) is 3.20. The summed E-state index contributed by atoms with van der Waals surface area (Å²) in [7, 11) is 0. The van der Waals surface area contributed by atoms with Crippen LogP contribution in [0, 0.1) is 11.8 Å². The van der Waals surface area contributed by atoms with Gasteiger partial charge in [-0.25, -0.2) is 0 Å². The van der Waals surface area contributed by atoms with E-state index in [4.69, 9.17) is 4.74 Å². The topological polar surface area (TPSA) is 26.3 Å². The first-order valence-electron chi connectivity index (χ1n) is 6.35. The molecule has 0 spiro atoms. The molecule has 0 aromatic heterocycles. The van der Waals surface area contributed by atoms with E-state index in [1.54, 1.807) is 0 Å². The Morgan fingerprint density at radius 1 is 1.41 bits per heavy atom. The predicted octanol–water partition coefficient (Wildman–Crippen LogP) is 3.88. The molecule has 2 heteroatoms. The van der Waals surface area contributed by atoms with Crippen LogP contribution in [0.3, 0.4) is 0 Å². The third kappa shape index (κ3) is 4.37. The second-order valence-corrected chi connectivity index (χ2v) is 5.86. The lowest BCUT2D eigenvalue weighted by Gasteiger charge is -2.21. The second-order valence-electron chi connectivity index (χ2n) is 5.86. The normalized spacial score (nSPS) is 24.8. The van der Waals surface area contributed by atoms with Crippen LogP contribution in [0.15, 0.2) is 24.8 Å². The van der Waals surface area contributed by atoms with Gasteiger partial charge >= 0.3 is 5.97 Å². The van der Waals surface area contributed by atoms with E-state index in [1.165, 1.54) is 5.57 Å². The molecule has 1 aliphatic rings. The summed E-state index contributed by atoms with van der Waals surface area (Å²) in [6.45, 7) is 13.6. The quantitative estimate of drug-likeness (QED) is 0.547. The Morgan fingerprint density at radius 2 is 2.00 bits per heavy atom. The number of esters is 1. The summed E-state index contributed by atoms with van der Waals surface area (Å²) in [6.07, 6.45) is 5.56. The van der Waals surface area contributed by atoms with Crippen LogP contribution >= 0.6 is 0 Å². The maximum Gasteiger partial charge on any atom is 0.306 e. The van der Waals surface area contributed by atoms with Crippen molar-refractivity contribution in [1.82, 2.24) is 0 Å². The van der Waals surface area contributed by atoms with Gasteiger partial charge in [0.2, 0.25) is 0 Å².